The van der Waals surface area contributed by atoms with Gasteiger partial charge in [-0.2, -0.15) is 0 Å². The Kier molecular flexibility index (Phi) is 5.03. The predicted octanol–water partition coefficient (Wildman–Crippen LogP) is 5.84. The lowest BCUT2D eigenvalue weighted by molar-refractivity contribution is 0.410. The summed E-state index contributed by atoms with van der Waals surface area (Å²) in [4.78, 5) is -0.162. The molecule has 0 aliphatic carbocycles. The highest BCUT2D eigenvalue weighted by Gasteiger charge is 2.19. The van der Waals surface area contributed by atoms with Crippen LogP contribution in [-0.4, -0.2) is 7.11 Å². The van der Waals surface area contributed by atoms with Gasteiger partial charge in [0.15, 0.2) is 0 Å². The number of rotatable bonds is 3. The van der Waals surface area contributed by atoms with Crippen LogP contribution >= 0.6 is 47.8 Å². The van der Waals surface area contributed by atoms with Gasteiger partial charge in [-0.25, -0.2) is 4.39 Å². The Labute approximate surface area is 136 Å². The first kappa shape index (κ1) is 15.0. The van der Waals surface area contributed by atoms with Crippen LogP contribution in [0, 0.1) is 5.82 Å². The van der Waals surface area contributed by atoms with E-state index >= 15 is 0 Å². The van der Waals surface area contributed by atoms with Gasteiger partial charge in [-0.1, -0.05) is 44.0 Å². The van der Waals surface area contributed by atoms with Gasteiger partial charge in [0.1, 0.15) is 11.6 Å². The molecule has 1 nitrogen and oxygen atoms in total. The maximum absolute atomic E-state index is 13.6. The summed E-state index contributed by atoms with van der Waals surface area (Å²) in [6, 6.07) is 10.7. The fraction of sp³-hybridized carbons (Fsp3) is 0.143. The van der Waals surface area contributed by atoms with Gasteiger partial charge in [-0.05, 0) is 45.8 Å². The molecule has 0 aliphatic rings. The van der Waals surface area contributed by atoms with Crippen molar-refractivity contribution in [1.29, 1.82) is 0 Å². The minimum Gasteiger partial charge on any atom is -0.496 e. The predicted molar refractivity (Wildman–Crippen MR) is 85.6 cm³/mol. The van der Waals surface area contributed by atoms with E-state index in [1.54, 1.807) is 13.2 Å². The van der Waals surface area contributed by atoms with Crippen molar-refractivity contribution in [3.8, 4) is 5.75 Å². The Balaban J connectivity index is 2.52. The lowest BCUT2D eigenvalue weighted by Crippen LogP contribution is -1.99. The van der Waals surface area contributed by atoms with Crippen LogP contribution in [0.2, 0.25) is 0 Å². The summed E-state index contributed by atoms with van der Waals surface area (Å²) in [5.41, 5.74) is 1.75. The third-order valence-corrected chi connectivity index (χ3v) is 5.04. The van der Waals surface area contributed by atoms with Crippen LogP contribution in [-0.2, 0) is 0 Å². The van der Waals surface area contributed by atoms with Crippen molar-refractivity contribution in [3.05, 3.63) is 62.3 Å². The Morgan fingerprint density at radius 1 is 1.11 bits per heavy atom. The first-order chi connectivity index (χ1) is 9.04. The van der Waals surface area contributed by atoms with Crippen LogP contribution in [0.4, 0.5) is 4.39 Å². The molecule has 19 heavy (non-hydrogen) atoms. The molecule has 2 rings (SSSR count). The van der Waals surface area contributed by atoms with Gasteiger partial charge >= 0.3 is 0 Å². The molecular weight excluding hydrogens is 443 g/mol. The van der Waals surface area contributed by atoms with E-state index in [0.717, 1.165) is 21.3 Å². The van der Waals surface area contributed by atoms with Crippen molar-refractivity contribution < 1.29 is 9.13 Å². The molecule has 2 aromatic carbocycles. The highest BCUT2D eigenvalue weighted by atomic mass is 79.9. The van der Waals surface area contributed by atoms with Crippen LogP contribution < -0.4 is 4.74 Å². The Morgan fingerprint density at radius 2 is 1.84 bits per heavy atom. The Bertz CT molecular complexity index is 601. The molecule has 0 amide bonds. The molecule has 2 aromatic rings. The largest absolute Gasteiger partial charge is 0.496 e. The number of halogens is 4. The summed E-state index contributed by atoms with van der Waals surface area (Å²) in [6.45, 7) is 0. The third kappa shape index (κ3) is 3.20. The number of benzene rings is 2. The summed E-state index contributed by atoms with van der Waals surface area (Å²) in [7, 11) is 1.62. The fourth-order valence-corrected chi connectivity index (χ4v) is 3.71. The third-order valence-electron chi connectivity index (χ3n) is 2.72. The van der Waals surface area contributed by atoms with Crippen LogP contribution in [0.5, 0.6) is 5.75 Å². The van der Waals surface area contributed by atoms with Gasteiger partial charge in [-0.3, -0.25) is 0 Å². The number of ether oxygens (including phenoxy) is 1. The Morgan fingerprint density at radius 3 is 2.53 bits per heavy atom. The highest BCUT2D eigenvalue weighted by molar-refractivity contribution is 9.11. The first-order valence-electron chi connectivity index (χ1n) is 5.46. The zero-order valence-corrected chi connectivity index (χ0v) is 14.7. The monoisotopic (exact) mass is 450 g/mol. The smallest absolute Gasteiger partial charge is 0.137 e. The van der Waals surface area contributed by atoms with E-state index in [1.807, 2.05) is 24.3 Å². The zero-order chi connectivity index (χ0) is 14.0. The van der Waals surface area contributed by atoms with E-state index in [9.17, 15) is 4.39 Å². The van der Waals surface area contributed by atoms with Crippen molar-refractivity contribution >= 4 is 47.8 Å². The maximum atomic E-state index is 13.6. The molecule has 0 aliphatic heterocycles. The van der Waals surface area contributed by atoms with Crippen molar-refractivity contribution in [2.45, 2.75) is 4.83 Å². The van der Waals surface area contributed by atoms with E-state index < -0.39 is 0 Å². The van der Waals surface area contributed by atoms with E-state index in [4.69, 9.17) is 4.74 Å². The van der Waals surface area contributed by atoms with Gasteiger partial charge in [0.25, 0.3) is 0 Å². The molecule has 100 valence electrons. The summed E-state index contributed by atoms with van der Waals surface area (Å²) >= 11 is 10.3. The molecule has 0 heterocycles. The summed E-state index contributed by atoms with van der Waals surface area (Å²) < 4.78 is 20.4. The summed E-state index contributed by atoms with van der Waals surface area (Å²) in [6.07, 6.45) is 0. The van der Waals surface area contributed by atoms with Gasteiger partial charge in [0.05, 0.1) is 16.4 Å². The molecule has 0 radical (unpaired) electrons. The van der Waals surface area contributed by atoms with Crippen molar-refractivity contribution in [2.75, 3.05) is 7.11 Å². The van der Waals surface area contributed by atoms with Crippen LogP contribution in [0.15, 0.2) is 45.3 Å². The Hall–Kier alpha value is -0.390. The molecule has 5 heteroatoms. The average molecular weight is 453 g/mol. The topological polar surface area (TPSA) is 9.23 Å². The molecule has 1 unspecified atom stereocenters. The molecule has 0 N–H and O–H groups in total. The molecule has 0 saturated carbocycles. The van der Waals surface area contributed by atoms with Gasteiger partial charge in [0.2, 0.25) is 0 Å². The number of methoxy groups -OCH3 is 1. The SMILES string of the molecule is COc1ccc(Br)cc1C(Br)c1cccc(F)c1Br. The summed E-state index contributed by atoms with van der Waals surface area (Å²) in [5.74, 6) is 0.470. The summed E-state index contributed by atoms with van der Waals surface area (Å²) in [5, 5.41) is 0. The van der Waals surface area contributed by atoms with E-state index in [2.05, 4.69) is 47.8 Å². The van der Waals surface area contributed by atoms with E-state index in [1.165, 1.54) is 6.07 Å². The quantitative estimate of drug-likeness (QED) is 0.531. The number of hydrogen-bond acceptors (Lipinski definition) is 1. The molecule has 1 atom stereocenters. The number of alkyl halides is 1. The van der Waals surface area contributed by atoms with Gasteiger partial charge in [0, 0.05) is 10.0 Å². The van der Waals surface area contributed by atoms with Crippen molar-refractivity contribution in [3.63, 3.8) is 0 Å². The first-order valence-corrected chi connectivity index (χ1v) is 7.96. The molecular formula is C14H10Br3FO. The molecule has 0 saturated heterocycles. The minimum absolute atomic E-state index is 0.162. The van der Waals surface area contributed by atoms with Crippen molar-refractivity contribution in [2.24, 2.45) is 0 Å². The number of hydrogen-bond donors (Lipinski definition) is 0. The molecule has 0 aromatic heterocycles. The second kappa shape index (κ2) is 6.37. The van der Waals surface area contributed by atoms with Crippen molar-refractivity contribution in [1.82, 2.24) is 0 Å². The van der Waals surface area contributed by atoms with Crippen LogP contribution in [0.25, 0.3) is 0 Å². The average Bonchev–Trinajstić information content (AvgIpc) is 2.41. The fourth-order valence-electron chi connectivity index (χ4n) is 1.79. The van der Waals surface area contributed by atoms with Crippen LogP contribution in [0.1, 0.15) is 16.0 Å². The van der Waals surface area contributed by atoms with Gasteiger partial charge < -0.3 is 4.74 Å². The molecule has 0 bridgehead atoms. The normalized spacial score (nSPS) is 12.3. The highest BCUT2D eigenvalue weighted by Crippen LogP contribution is 2.41. The van der Waals surface area contributed by atoms with E-state index in [-0.39, 0.29) is 10.6 Å². The lowest BCUT2D eigenvalue weighted by atomic mass is 10.0. The molecule has 0 fully saturated rings. The standard InChI is InChI=1S/C14H10Br3FO/c1-19-12-6-5-8(15)7-10(12)13(16)9-3-2-4-11(18)14(9)17/h2-7,13H,1H3. The second-order valence-electron chi connectivity index (χ2n) is 3.89. The second-order valence-corrected chi connectivity index (χ2v) is 6.52. The van der Waals surface area contributed by atoms with Crippen LogP contribution in [0.3, 0.4) is 0 Å². The zero-order valence-electron chi connectivity index (χ0n) is 9.96. The lowest BCUT2D eigenvalue weighted by Gasteiger charge is -2.16. The molecule has 0 spiro atoms. The maximum Gasteiger partial charge on any atom is 0.137 e. The minimum atomic E-state index is -0.282. The van der Waals surface area contributed by atoms with E-state index in [0.29, 0.717) is 4.47 Å². The van der Waals surface area contributed by atoms with Gasteiger partial charge in [-0.15, -0.1) is 0 Å².